The van der Waals surface area contributed by atoms with Crippen molar-refractivity contribution in [1.82, 2.24) is 5.01 Å². The molecule has 1 N–H and O–H groups in total. The summed E-state index contributed by atoms with van der Waals surface area (Å²) in [5, 5.41) is 14.9. The van der Waals surface area contributed by atoms with E-state index in [-0.39, 0.29) is 12.5 Å². The van der Waals surface area contributed by atoms with Crippen molar-refractivity contribution in [3.8, 4) is 5.75 Å². The molecule has 0 atom stereocenters. The monoisotopic (exact) mass is 500 g/mol. The van der Waals surface area contributed by atoms with Gasteiger partial charge < -0.3 is 28.8 Å². The van der Waals surface area contributed by atoms with Crippen molar-refractivity contribution in [3.05, 3.63) is 65.1 Å². The largest absolute Gasteiger partial charge is 0.493 e. The molecule has 0 bridgehead atoms. The highest BCUT2D eigenvalue weighted by atomic mass is 16.5. The molecule has 2 aliphatic rings. The summed E-state index contributed by atoms with van der Waals surface area (Å²) in [5.41, 5.74) is 2.50. The van der Waals surface area contributed by atoms with Gasteiger partial charge in [-0.1, -0.05) is 6.08 Å². The van der Waals surface area contributed by atoms with Crippen molar-refractivity contribution in [2.24, 2.45) is 5.10 Å². The van der Waals surface area contributed by atoms with Crippen LogP contribution in [0.4, 0.5) is 0 Å². The van der Waals surface area contributed by atoms with Gasteiger partial charge in [0.1, 0.15) is 12.4 Å². The van der Waals surface area contributed by atoms with Crippen LogP contribution in [0, 0.1) is 0 Å². The van der Waals surface area contributed by atoms with E-state index in [4.69, 9.17) is 28.8 Å². The Morgan fingerprint density at radius 1 is 1.00 bits per heavy atom. The zero-order valence-electron chi connectivity index (χ0n) is 21.1. The first-order chi connectivity index (χ1) is 17.7. The van der Waals surface area contributed by atoms with Crippen molar-refractivity contribution in [2.75, 3.05) is 59.9 Å². The molecular formula is C27H36N2O7. The van der Waals surface area contributed by atoms with Gasteiger partial charge >= 0.3 is 0 Å². The highest BCUT2D eigenvalue weighted by Crippen LogP contribution is 2.24. The molecule has 0 fully saturated rings. The van der Waals surface area contributed by atoms with Gasteiger partial charge in [0.15, 0.2) is 11.5 Å². The average Bonchev–Trinajstić information content (AvgIpc) is 3.12. The lowest BCUT2D eigenvalue weighted by Crippen LogP contribution is -2.32. The van der Waals surface area contributed by atoms with Crippen LogP contribution in [0.2, 0.25) is 0 Å². The van der Waals surface area contributed by atoms with E-state index in [1.807, 2.05) is 25.2 Å². The smallest absolute Gasteiger partial charge is 0.273 e. The SMILES string of the molecule is CCOC1=CCC(C2=NN(C(=O)c3ccc(OCCOCCOCCO)cc3)CCC2)=CC=C1OC. The van der Waals surface area contributed by atoms with Crippen LogP contribution in [0.25, 0.3) is 0 Å². The van der Waals surface area contributed by atoms with Crippen LogP contribution in [0.3, 0.4) is 0 Å². The number of rotatable bonds is 14. The Morgan fingerprint density at radius 3 is 2.47 bits per heavy atom. The first-order valence-corrected chi connectivity index (χ1v) is 12.3. The Bertz CT molecular complexity index is 967. The van der Waals surface area contributed by atoms with E-state index in [2.05, 4.69) is 5.10 Å². The van der Waals surface area contributed by atoms with Crippen molar-refractivity contribution in [3.63, 3.8) is 0 Å². The molecule has 3 rings (SSSR count). The van der Waals surface area contributed by atoms with Gasteiger partial charge in [-0.15, -0.1) is 0 Å². The number of hydrogen-bond donors (Lipinski definition) is 1. The maximum atomic E-state index is 13.1. The third kappa shape index (κ3) is 8.22. The Balaban J connectivity index is 1.54. The van der Waals surface area contributed by atoms with Crippen LogP contribution in [-0.4, -0.2) is 81.6 Å². The summed E-state index contributed by atoms with van der Waals surface area (Å²) in [5.74, 6) is 1.92. The minimum Gasteiger partial charge on any atom is -0.493 e. The summed E-state index contributed by atoms with van der Waals surface area (Å²) in [6, 6.07) is 7.05. The lowest BCUT2D eigenvalue weighted by atomic mass is 10.0. The van der Waals surface area contributed by atoms with Gasteiger partial charge in [0, 0.05) is 12.1 Å². The third-order valence-electron chi connectivity index (χ3n) is 5.54. The quantitative estimate of drug-likeness (QED) is 0.391. The van der Waals surface area contributed by atoms with E-state index in [0.717, 1.165) is 29.9 Å². The number of methoxy groups -OCH3 is 1. The van der Waals surface area contributed by atoms with Gasteiger partial charge in [0.2, 0.25) is 0 Å². The van der Waals surface area contributed by atoms with Gasteiger partial charge in [-0.2, -0.15) is 5.10 Å². The summed E-state index contributed by atoms with van der Waals surface area (Å²) in [6.07, 6.45) is 8.19. The lowest BCUT2D eigenvalue weighted by molar-refractivity contribution is 0.0247. The van der Waals surface area contributed by atoms with Crippen molar-refractivity contribution in [1.29, 1.82) is 0 Å². The van der Waals surface area contributed by atoms with E-state index in [0.29, 0.717) is 69.7 Å². The van der Waals surface area contributed by atoms with Crippen LogP contribution in [0.15, 0.2) is 64.7 Å². The summed E-state index contributed by atoms with van der Waals surface area (Å²) in [7, 11) is 1.62. The van der Waals surface area contributed by atoms with Crippen molar-refractivity contribution in [2.45, 2.75) is 26.2 Å². The second kappa shape index (κ2) is 15.1. The second-order valence-corrected chi connectivity index (χ2v) is 8.03. The fourth-order valence-electron chi connectivity index (χ4n) is 3.76. The molecule has 1 aliphatic heterocycles. The van der Waals surface area contributed by atoms with E-state index >= 15 is 0 Å². The second-order valence-electron chi connectivity index (χ2n) is 8.03. The predicted octanol–water partition coefficient (Wildman–Crippen LogP) is 3.46. The summed E-state index contributed by atoms with van der Waals surface area (Å²) in [4.78, 5) is 13.1. The number of hydrazone groups is 1. The predicted molar refractivity (Wildman–Crippen MR) is 136 cm³/mol. The molecule has 0 saturated carbocycles. The van der Waals surface area contributed by atoms with Crippen LogP contribution >= 0.6 is 0 Å². The molecule has 1 amide bonds. The van der Waals surface area contributed by atoms with Gasteiger partial charge in [-0.05, 0) is 68.2 Å². The number of aliphatic hydroxyl groups excluding tert-OH is 1. The van der Waals surface area contributed by atoms with E-state index in [9.17, 15) is 4.79 Å². The van der Waals surface area contributed by atoms with Crippen molar-refractivity contribution < 1.29 is 33.6 Å². The zero-order chi connectivity index (χ0) is 25.6. The summed E-state index contributed by atoms with van der Waals surface area (Å²) >= 11 is 0. The molecule has 0 unspecified atom stereocenters. The van der Waals surface area contributed by atoms with E-state index in [1.165, 1.54) is 0 Å². The molecular weight excluding hydrogens is 464 g/mol. The minimum atomic E-state index is -0.141. The maximum absolute atomic E-state index is 13.1. The molecule has 36 heavy (non-hydrogen) atoms. The Kier molecular flexibility index (Phi) is 11.5. The fourth-order valence-corrected chi connectivity index (χ4v) is 3.76. The molecule has 9 heteroatoms. The number of nitrogens with zero attached hydrogens (tertiary/aromatic N) is 2. The van der Waals surface area contributed by atoms with Gasteiger partial charge in [-0.25, -0.2) is 5.01 Å². The number of hydrogen-bond acceptors (Lipinski definition) is 8. The van der Waals surface area contributed by atoms with E-state index < -0.39 is 0 Å². The summed E-state index contributed by atoms with van der Waals surface area (Å²) < 4.78 is 27.3. The number of ether oxygens (including phenoxy) is 5. The zero-order valence-corrected chi connectivity index (χ0v) is 21.1. The average molecular weight is 501 g/mol. The van der Waals surface area contributed by atoms with Gasteiger partial charge in [0.05, 0.1) is 52.5 Å². The number of carbonyl (C=O) groups is 1. The number of benzene rings is 1. The molecule has 0 aromatic heterocycles. The Hall–Kier alpha value is -3.14. The number of amides is 1. The third-order valence-corrected chi connectivity index (χ3v) is 5.54. The van der Waals surface area contributed by atoms with Crippen LogP contribution in [-0.2, 0) is 18.9 Å². The molecule has 1 aromatic carbocycles. The standard InChI is InChI=1S/C27H36N2O7/c1-3-35-26-13-9-21(8-12-25(26)32-2)24-5-4-14-29(28-24)27(31)22-6-10-23(11-7-22)36-20-19-34-18-17-33-16-15-30/h6-8,10-13,30H,3-5,9,14-20H2,1-2H3. The van der Waals surface area contributed by atoms with Crippen LogP contribution in [0.1, 0.15) is 36.5 Å². The molecule has 0 radical (unpaired) electrons. The maximum Gasteiger partial charge on any atom is 0.273 e. The first kappa shape index (κ1) is 27.4. The van der Waals surface area contributed by atoms with Gasteiger partial charge in [-0.3, -0.25) is 4.79 Å². The first-order valence-electron chi connectivity index (χ1n) is 12.3. The molecule has 0 saturated heterocycles. The molecule has 196 valence electrons. The topological polar surface area (TPSA) is 99.1 Å². The minimum absolute atomic E-state index is 0.00548. The van der Waals surface area contributed by atoms with Crippen molar-refractivity contribution >= 4 is 11.6 Å². The highest BCUT2D eigenvalue weighted by Gasteiger charge is 2.22. The number of carbonyl (C=O) groups excluding carboxylic acids is 1. The normalized spacial score (nSPS) is 15.8. The number of aliphatic hydroxyl groups is 1. The molecule has 1 aliphatic carbocycles. The molecule has 1 heterocycles. The molecule has 9 nitrogen and oxygen atoms in total. The number of allylic oxidation sites excluding steroid dienone is 4. The van der Waals surface area contributed by atoms with Crippen LogP contribution < -0.4 is 4.74 Å². The fraction of sp³-hybridized carbons (Fsp3) is 0.481. The Morgan fingerprint density at radius 2 is 1.75 bits per heavy atom. The van der Waals surface area contributed by atoms with Gasteiger partial charge in [0.25, 0.3) is 5.91 Å². The van der Waals surface area contributed by atoms with E-state index in [1.54, 1.807) is 36.4 Å². The highest BCUT2D eigenvalue weighted by molar-refractivity contribution is 6.03. The summed E-state index contributed by atoms with van der Waals surface area (Å²) in [6.45, 7) is 5.09. The lowest BCUT2D eigenvalue weighted by Gasteiger charge is -2.24. The molecule has 0 spiro atoms. The van der Waals surface area contributed by atoms with Crippen LogP contribution in [0.5, 0.6) is 5.75 Å². The molecule has 1 aromatic rings. The Labute approximate surface area is 212 Å².